The van der Waals surface area contributed by atoms with Gasteiger partial charge in [-0.05, 0) is 42.5 Å². The van der Waals surface area contributed by atoms with Gasteiger partial charge in [-0.3, -0.25) is 14.4 Å². The van der Waals surface area contributed by atoms with Gasteiger partial charge in [-0.25, -0.2) is 4.79 Å². The molecule has 1 saturated heterocycles. The summed E-state index contributed by atoms with van der Waals surface area (Å²) in [6, 6.07) is 21.9. The summed E-state index contributed by atoms with van der Waals surface area (Å²) in [5, 5.41) is 14.8. The summed E-state index contributed by atoms with van der Waals surface area (Å²) < 4.78 is 0. The number of hydrogen-bond donors (Lipinski definition) is 3. The highest BCUT2D eigenvalue weighted by molar-refractivity contribution is 6.45. The minimum atomic E-state index is -0.664. The van der Waals surface area contributed by atoms with E-state index in [2.05, 4.69) is 28.5 Å². The standard InChI is InChI=1S/C29H24N6O4.C2H2/c30-17-19-9-11-21(12-10-19)32-29(39)33-24-8-4-7-22-23(18-31-25(22)24)26(36)28(38)35-15-13-34(14-16-35)27(37)20-5-2-1-3-6-20;1-2/h1-12,18,31H,13-16H2,(H2,32,33,39);1-2H. The van der Waals surface area contributed by atoms with E-state index in [1.54, 1.807) is 71.6 Å². The van der Waals surface area contributed by atoms with Gasteiger partial charge in [-0.15, -0.1) is 12.8 Å². The predicted molar refractivity (Wildman–Crippen MR) is 155 cm³/mol. The molecule has 0 bridgehead atoms. The molecule has 0 radical (unpaired) electrons. The topological polar surface area (TPSA) is 138 Å². The molecular weight excluding hydrogens is 520 g/mol. The first kappa shape index (κ1) is 28.1. The number of terminal acetylenes is 1. The number of anilines is 2. The fourth-order valence-electron chi connectivity index (χ4n) is 4.49. The normalized spacial score (nSPS) is 12.4. The van der Waals surface area contributed by atoms with Crippen LogP contribution in [0.3, 0.4) is 0 Å². The van der Waals surface area contributed by atoms with Crippen LogP contribution in [0.2, 0.25) is 0 Å². The van der Waals surface area contributed by atoms with E-state index < -0.39 is 17.7 Å². The van der Waals surface area contributed by atoms with Gasteiger partial charge < -0.3 is 25.4 Å². The maximum atomic E-state index is 13.2. The van der Waals surface area contributed by atoms with Crippen molar-refractivity contribution in [1.82, 2.24) is 14.8 Å². The lowest BCUT2D eigenvalue weighted by atomic mass is 10.1. The van der Waals surface area contributed by atoms with Crippen molar-refractivity contribution in [3.63, 3.8) is 0 Å². The van der Waals surface area contributed by atoms with Crippen LogP contribution in [0.5, 0.6) is 0 Å². The quantitative estimate of drug-likeness (QED) is 0.197. The molecule has 204 valence electrons. The Morgan fingerprint density at radius 1 is 0.805 bits per heavy atom. The molecule has 10 nitrogen and oxygen atoms in total. The molecule has 1 aliphatic rings. The molecule has 0 aliphatic carbocycles. The van der Waals surface area contributed by atoms with E-state index in [9.17, 15) is 19.2 Å². The van der Waals surface area contributed by atoms with Crippen LogP contribution in [-0.2, 0) is 4.79 Å². The van der Waals surface area contributed by atoms with Crippen LogP contribution < -0.4 is 10.6 Å². The lowest BCUT2D eigenvalue weighted by molar-refractivity contribution is -0.127. The van der Waals surface area contributed by atoms with Crippen molar-refractivity contribution in [2.75, 3.05) is 36.8 Å². The van der Waals surface area contributed by atoms with Crippen molar-refractivity contribution >= 4 is 45.9 Å². The molecule has 4 amide bonds. The van der Waals surface area contributed by atoms with Gasteiger partial charge in [0, 0.05) is 49.0 Å². The zero-order valence-corrected chi connectivity index (χ0v) is 22.0. The van der Waals surface area contributed by atoms with Crippen molar-refractivity contribution in [1.29, 1.82) is 5.26 Å². The van der Waals surface area contributed by atoms with Crippen LogP contribution in [0.1, 0.15) is 26.3 Å². The molecule has 41 heavy (non-hydrogen) atoms. The monoisotopic (exact) mass is 546 g/mol. The van der Waals surface area contributed by atoms with E-state index in [0.29, 0.717) is 46.5 Å². The second-order valence-electron chi connectivity index (χ2n) is 8.98. The lowest BCUT2D eigenvalue weighted by Crippen LogP contribution is -2.52. The highest BCUT2D eigenvalue weighted by atomic mass is 16.2. The molecule has 5 rings (SSSR count). The number of amides is 4. The van der Waals surface area contributed by atoms with Crippen molar-refractivity contribution < 1.29 is 19.2 Å². The van der Waals surface area contributed by atoms with Gasteiger partial charge in [0.15, 0.2) is 0 Å². The van der Waals surface area contributed by atoms with Gasteiger partial charge in [0.25, 0.3) is 17.6 Å². The number of aromatic nitrogens is 1. The fraction of sp³-hybridized carbons (Fsp3) is 0.129. The number of para-hydroxylation sites is 1. The number of ketones is 1. The van der Waals surface area contributed by atoms with E-state index >= 15 is 0 Å². The number of aromatic amines is 1. The summed E-state index contributed by atoms with van der Waals surface area (Å²) in [5.74, 6) is -1.41. The van der Waals surface area contributed by atoms with Gasteiger partial charge >= 0.3 is 6.03 Å². The minimum absolute atomic E-state index is 0.103. The molecule has 1 fully saturated rings. The van der Waals surface area contributed by atoms with Crippen LogP contribution in [0, 0.1) is 24.2 Å². The maximum Gasteiger partial charge on any atom is 0.323 e. The van der Waals surface area contributed by atoms with E-state index in [1.807, 2.05) is 12.1 Å². The van der Waals surface area contributed by atoms with Gasteiger partial charge in [0.05, 0.1) is 28.4 Å². The highest BCUT2D eigenvalue weighted by Gasteiger charge is 2.30. The Labute approximate surface area is 236 Å². The average molecular weight is 547 g/mol. The van der Waals surface area contributed by atoms with Crippen LogP contribution in [-0.4, -0.2) is 64.6 Å². The number of nitriles is 1. The van der Waals surface area contributed by atoms with Gasteiger partial charge in [0.2, 0.25) is 0 Å². The Morgan fingerprint density at radius 3 is 2.12 bits per heavy atom. The fourth-order valence-corrected chi connectivity index (χ4v) is 4.49. The Balaban J connectivity index is 0.00000189. The summed E-state index contributed by atoms with van der Waals surface area (Å²) in [4.78, 5) is 57.6. The lowest BCUT2D eigenvalue weighted by Gasteiger charge is -2.34. The smallest absolute Gasteiger partial charge is 0.323 e. The van der Waals surface area contributed by atoms with Crippen molar-refractivity contribution in [2.24, 2.45) is 0 Å². The van der Waals surface area contributed by atoms with Gasteiger partial charge in [-0.2, -0.15) is 5.26 Å². The number of hydrogen-bond acceptors (Lipinski definition) is 5. The molecule has 0 saturated carbocycles. The molecular formula is C31H26N6O4. The molecule has 0 unspecified atom stereocenters. The molecule has 10 heteroatoms. The van der Waals surface area contributed by atoms with Crippen LogP contribution in [0.4, 0.5) is 16.2 Å². The molecule has 2 heterocycles. The second kappa shape index (κ2) is 12.8. The Kier molecular flexibility index (Phi) is 8.78. The first-order valence-electron chi connectivity index (χ1n) is 12.6. The van der Waals surface area contributed by atoms with E-state index in [4.69, 9.17) is 5.26 Å². The number of urea groups is 1. The number of rotatable bonds is 5. The van der Waals surface area contributed by atoms with Gasteiger partial charge in [0.1, 0.15) is 0 Å². The van der Waals surface area contributed by atoms with Crippen molar-refractivity contribution in [3.8, 4) is 18.9 Å². The van der Waals surface area contributed by atoms with Gasteiger partial charge in [-0.1, -0.05) is 30.3 Å². The largest absolute Gasteiger partial charge is 0.359 e. The number of Topliss-reactive ketones (excluding diaryl/α,β-unsaturated/α-hetero) is 1. The van der Waals surface area contributed by atoms with E-state index in [0.717, 1.165) is 0 Å². The van der Waals surface area contributed by atoms with Crippen LogP contribution in [0.15, 0.2) is 79.0 Å². The first-order valence-corrected chi connectivity index (χ1v) is 12.6. The number of nitrogens with zero attached hydrogens (tertiary/aromatic N) is 3. The number of nitrogens with one attached hydrogen (secondary N) is 3. The number of H-pyrrole nitrogens is 1. The summed E-state index contributed by atoms with van der Waals surface area (Å²) in [6.07, 6.45) is 9.46. The molecule has 4 aromatic rings. The SMILES string of the molecule is C#C.N#Cc1ccc(NC(=O)Nc2cccc3c(C(=O)C(=O)N4CCN(C(=O)c5ccccc5)CC4)c[nH]c23)cc1. The minimum Gasteiger partial charge on any atom is -0.359 e. The van der Waals surface area contributed by atoms with E-state index in [1.165, 1.54) is 11.1 Å². The Hall–Kier alpha value is -5.87. The van der Waals surface area contributed by atoms with Crippen molar-refractivity contribution in [3.05, 3.63) is 95.7 Å². The predicted octanol–water partition coefficient (Wildman–Crippen LogP) is 4.10. The maximum absolute atomic E-state index is 13.2. The first-order chi connectivity index (χ1) is 19.9. The van der Waals surface area contributed by atoms with E-state index in [-0.39, 0.29) is 24.6 Å². The number of carbonyl (C=O) groups is 4. The second-order valence-corrected chi connectivity index (χ2v) is 8.98. The Bertz CT molecular complexity index is 1640. The summed E-state index contributed by atoms with van der Waals surface area (Å²) in [5.41, 5.74) is 2.71. The molecule has 0 spiro atoms. The molecule has 3 aromatic carbocycles. The van der Waals surface area contributed by atoms with Crippen LogP contribution >= 0.6 is 0 Å². The third-order valence-electron chi connectivity index (χ3n) is 6.55. The summed E-state index contributed by atoms with van der Waals surface area (Å²) in [6.45, 7) is 1.19. The molecule has 1 aliphatic heterocycles. The number of fused-ring (bicyclic) bond motifs is 1. The average Bonchev–Trinajstić information content (AvgIpc) is 3.47. The zero-order chi connectivity index (χ0) is 29.4. The number of piperazine rings is 1. The molecule has 0 atom stereocenters. The van der Waals surface area contributed by atoms with Crippen molar-refractivity contribution in [2.45, 2.75) is 0 Å². The third-order valence-corrected chi connectivity index (χ3v) is 6.55. The highest BCUT2D eigenvalue weighted by Crippen LogP contribution is 2.26. The molecule has 3 N–H and O–H groups in total. The Morgan fingerprint density at radius 2 is 1.46 bits per heavy atom. The van der Waals surface area contributed by atoms with Crippen LogP contribution in [0.25, 0.3) is 10.9 Å². The number of benzene rings is 3. The zero-order valence-electron chi connectivity index (χ0n) is 22.0. The summed E-state index contributed by atoms with van der Waals surface area (Å²) in [7, 11) is 0. The molecule has 1 aromatic heterocycles. The summed E-state index contributed by atoms with van der Waals surface area (Å²) >= 11 is 0. The third kappa shape index (κ3) is 6.24. The number of carbonyl (C=O) groups excluding carboxylic acids is 4.